The number of sulfonamides is 1. The summed E-state index contributed by atoms with van der Waals surface area (Å²) in [7, 11) is -4.34. The summed E-state index contributed by atoms with van der Waals surface area (Å²) < 4.78 is 27.6. The minimum absolute atomic E-state index is 0.112. The van der Waals surface area contributed by atoms with Crippen molar-refractivity contribution >= 4 is 15.9 Å². The number of aromatic hydroxyl groups is 2. The topological polar surface area (TPSA) is 130 Å². The molecule has 0 aliphatic heterocycles. The zero-order valence-electron chi connectivity index (χ0n) is 19.0. The Bertz CT molecular complexity index is 930. The number of hydrogen-bond acceptors (Lipinski definition) is 6. The fourth-order valence-electron chi connectivity index (χ4n) is 3.19. The quantitative estimate of drug-likeness (QED) is 0.282. The summed E-state index contributed by atoms with van der Waals surface area (Å²) in [4.78, 5) is 11.3. The Labute approximate surface area is 186 Å². The van der Waals surface area contributed by atoms with Gasteiger partial charge in [-0.1, -0.05) is 43.1 Å². The molecule has 0 heterocycles. The van der Waals surface area contributed by atoms with Crippen molar-refractivity contribution in [1.82, 2.24) is 4.72 Å². The molecule has 0 saturated carbocycles. The van der Waals surface area contributed by atoms with E-state index in [1.165, 1.54) is 11.6 Å². The molecule has 0 radical (unpaired) electrons. The van der Waals surface area contributed by atoms with Gasteiger partial charge in [-0.2, -0.15) is 0 Å². The first-order valence-corrected chi connectivity index (χ1v) is 12.1. The predicted molar refractivity (Wildman–Crippen MR) is 124 cm³/mol. The van der Waals surface area contributed by atoms with E-state index in [1.807, 2.05) is 38.5 Å². The van der Waals surface area contributed by atoms with Gasteiger partial charge in [0, 0.05) is 5.56 Å². The molecule has 0 spiro atoms. The molecule has 0 fully saturated rings. The molecule has 0 aromatic heterocycles. The van der Waals surface area contributed by atoms with Crippen molar-refractivity contribution in [3.8, 4) is 11.5 Å². The Hall–Kier alpha value is -2.32. The van der Waals surface area contributed by atoms with E-state index in [4.69, 9.17) is 5.73 Å². The number of benzene rings is 1. The van der Waals surface area contributed by atoms with Gasteiger partial charge >= 0.3 is 0 Å². The molecule has 1 aromatic rings. The zero-order valence-corrected chi connectivity index (χ0v) is 19.8. The van der Waals surface area contributed by atoms with Crippen LogP contribution in [0.2, 0.25) is 0 Å². The van der Waals surface area contributed by atoms with Gasteiger partial charge in [-0.15, -0.1) is 0 Å². The van der Waals surface area contributed by atoms with Gasteiger partial charge in [0.1, 0.15) is 16.4 Å². The van der Waals surface area contributed by atoms with Crippen LogP contribution in [0.1, 0.15) is 70.9 Å². The average Bonchev–Trinajstić information content (AvgIpc) is 2.66. The summed E-state index contributed by atoms with van der Waals surface area (Å²) in [5, 5.41) is 21.3. The van der Waals surface area contributed by atoms with Crippen LogP contribution in [-0.4, -0.2) is 31.1 Å². The fraction of sp³-hybridized carbons (Fsp3) is 0.522. The number of amides is 1. The highest BCUT2D eigenvalue weighted by Crippen LogP contribution is 2.38. The minimum atomic E-state index is -4.34. The van der Waals surface area contributed by atoms with Crippen molar-refractivity contribution in [3.05, 3.63) is 40.5 Å². The van der Waals surface area contributed by atoms with E-state index < -0.39 is 28.2 Å². The van der Waals surface area contributed by atoms with Crippen molar-refractivity contribution in [2.45, 2.75) is 77.5 Å². The van der Waals surface area contributed by atoms with Crippen LogP contribution in [0.25, 0.3) is 0 Å². The first-order chi connectivity index (χ1) is 14.5. The lowest BCUT2D eigenvalue weighted by atomic mass is 10.00. The van der Waals surface area contributed by atoms with Crippen molar-refractivity contribution in [2.24, 2.45) is 5.73 Å². The van der Waals surface area contributed by atoms with Crippen LogP contribution < -0.4 is 10.5 Å². The lowest BCUT2D eigenvalue weighted by molar-refractivity contribution is -0.118. The molecule has 0 aliphatic carbocycles. The van der Waals surface area contributed by atoms with Gasteiger partial charge in [-0.05, 0) is 64.5 Å². The number of hydrogen-bond donors (Lipinski definition) is 4. The number of aryl methyl sites for hydroxylation is 1. The molecular weight excluding hydrogens is 416 g/mol. The number of allylic oxidation sites excluding steroid dienone is 4. The second kappa shape index (κ2) is 12.5. The molecule has 8 heteroatoms. The predicted octanol–water partition coefficient (Wildman–Crippen LogP) is 3.83. The van der Waals surface area contributed by atoms with Crippen molar-refractivity contribution in [3.63, 3.8) is 0 Å². The lowest BCUT2D eigenvalue weighted by Crippen LogP contribution is -2.36. The minimum Gasteiger partial charge on any atom is -0.508 e. The van der Waals surface area contributed by atoms with E-state index in [0.717, 1.165) is 31.3 Å². The second-order valence-corrected chi connectivity index (χ2v) is 9.60. The molecule has 7 nitrogen and oxygen atoms in total. The average molecular weight is 453 g/mol. The summed E-state index contributed by atoms with van der Waals surface area (Å²) in [5.74, 6) is -1.57. The van der Waals surface area contributed by atoms with Crippen LogP contribution in [0.3, 0.4) is 0 Å². The Morgan fingerprint density at radius 2 is 1.84 bits per heavy atom. The summed E-state index contributed by atoms with van der Waals surface area (Å²) in [6.07, 6.45) is 8.68. The first kappa shape index (κ1) is 26.7. The van der Waals surface area contributed by atoms with E-state index in [-0.39, 0.29) is 28.2 Å². The molecule has 1 rings (SSSR count). The number of rotatable bonds is 12. The van der Waals surface area contributed by atoms with E-state index >= 15 is 0 Å². The summed E-state index contributed by atoms with van der Waals surface area (Å²) in [6.45, 7) is 7.53. The van der Waals surface area contributed by atoms with Crippen LogP contribution in [0.4, 0.5) is 0 Å². The van der Waals surface area contributed by atoms with Crippen LogP contribution in [0, 0.1) is 0 Å². The van der Waals surface area contributed by atoms with Crippen LogP contribution in [-0.2, 0) is 27.7 Å². The highest BCUT2D eigenvalue weighted by atomic mass is 32.2. The van der Waals surface area contributed by atoms with Gasteiger partial charge < -0.3 is 15.9 Å². The normalized spacial score (nSPS) is 12.0. The number of phenolic OH excluding ortho intramolecular Hbond substituents is 2. The highest BCUT2D eigenvalue weighted by molar-refractivity contribution is 7.90. The number of carbonyl (C=O) groups is 1. The van der Waals surface area contributed by atoms with Gasteiger partial charge in [0.15, 0.2) is 0 Å². The molecule has 0 bridgehead atoms. The molecular formula is C23H36N2O5S. The number of unbranched alkanes of at least 4 members (excludes halogenated alkanes) is 2. The van der Waals surface area contributed by atoms with E-state index in [2.05, 4.69) is 6.08 Å². The maximum Gasteiger partial charge on any atom is 0.268 e. The third-order valence-corrected chi connectivity index (χ3v) is 6.40. The number of phenols is 2. The maximum atomic E-state index is 12.8. The second-order valence-electron chi connectivity index (χ2n) is 7.98. The van der Waals surface area contributed by atoms with Gasteiger partial charge in [-0.25, -0.2) is 13.1 Å². The summed E-state index contributed by atoms with van der Waals surface area (Å²) >= 11 is 0. The van der Waals surface area contributed by atoms with Gasteiger partial charge in [0.2, 0.25) is 5.91 Å². The van der Waals surface area contributed by atoms with Crippen LogP contribution in [0.5, 0.6) is 11.5 Å². The van der Waals surface area contributed by atoms with E-state index in [0.29, 0.717) is 12.8 Å². The molecule has 1 amide bonds. The number of carbonyl (C=O) groups excluding carboxylic acids is 1. The smallest absolute Gasteiger partial charge is 0.268 e. The molecule has 31 heavy (non-hydrogen) atoms. The SMILES string of the molecule is CCCCCc1cc(O)c(C/C=C(\C)CCC=C(C)C)c(O)c1S(=O)(=O)NC(=O)CN. The van der Waals surface area contributed by atoms with Crippen LogP contribution in [0.15, 0.2) is 34.3 Å². The largest absolute Gasteiger partial charge is 0.508 e. The molecule has 1 aromatic carbocycles. The van der Waals surface area contributed by atoms with Gasteiger partial charge in [0.25, 0.3) is 10.0 Å². The molecule has 0 saturated heterocycles. The summed E-state index contributed by atoms with van der Waals surface area (Å²) in [5.41, 5.74) is 7.91. The van der Waals surface area contributed by atoms with Crippen molar-refractivity contribution in [1.29, 1.82) is 0 Å². The molecule has 5 N–H and O–H groups in total. The van der Waals surface area contributed by atoms with Crippen LogP contribution >= 0.6 is 0 Å². The lowest BCUT2D eigenvalue weighted by Gasteiger charge is -2.17. The Kier molecular flexibility index (Phi) is 10.8. The molecule has 0 aliphatic rings. The fourth-order valence-corrected chi connectivity index (χ4v) is 4.56. The number of nitrogens with two attached hydrogens (primary N) is 1. The van der Waals surface area contributed by atoms with E-state index in [9.17, 15) is 23.4 Å². The third kappa shape index (κ3) is 8.38. The van der Waals surface area contributed by atoms with Gasteiger partial charge in [0.05, 0.1) is 6.54 Å². The monoisotopic (exact) mass is 452 g/mol. The van der Waals surface area contributed by atoms with E-state index in [1.54, 1.807) is 0 Å². The standard InChI is InChI=1S/C23H36N2O5S/c1-5-6-7-11-18-14-20(26)19(13-12-17(4)10-8-9-16(2)3)22(28)23(18)31(29,30)25-21(27)15-24/h9,12,14,26,28H,5-8,10-11,13,15,24H2,1-4H3,(H,25,27)/b17-12+. The third-order valence-electron chi connectivity index (χ3n) is 4.91. The maximum absolute atomic E-state index is 12.8. The Morgan fingerprint density at radius 3 is 2.42 bits per heavy atom. The van der Waals surface area contributed by atoms with Crippen molar-refractivity contribution < 1.29 is 23.4 Å². The Morgan fingerprint density at radius 1 is 1.16 bits per heavy atom. The molecule has 0 unspecified atom stereocenters. The Balaban J connectivity index is 3.35. The highest BCUT2D eigenvalue weighted by Gasteiger charge is 2.28. The molecule has 0 atom stereocenters. The van der Waals surface area contributed by atoms with Gasteiger partial charge in [-0.3, -0.25) is 4.79 Å². The first-order valence-electron chi connectivity index (χ1n) is 10.6. The number of nitrogens with one attached hydrogen (secondary N) is 1. The molecule has 174 valence electrons. The van der Waals surface area contributed by atoms with Crippen molar-refractivity contribution in [2.75, 3.05) is 6.54 Å². The summed E-state index contributed by atoms with van der Waals surface area (Å²) in [6, 6.07) is 1.37. The zero-order chi connectivity index (χ0) is 23.6.